The zero-order valence-electron chi connectivity index (χ0n) is 18.6. The number of anilines is 2. The molecule has 5 aromatic rings. The molecule has 0 unspecified atom stereocenters. The summed E-state index contributed by atoms with van der Waals surface area (Å²) in [6.45, 7) is 0.735. The van der Waals surface area contributed by atoms with Gasteiger partial charge in [0, 0.05) is 30.5 Å². The molecule has 0 saturated heterocycles. The van der Waals surface area contributed by atoms with E-state index in [2.05, 4.69) is 58.1 Å². The summed E-state index contributed by atoms with van der Waals surface area (Å²) in [6.07, 6.45) is 3.62. The smallest absolute Gasteiger partial charge is 0.224 e. The van der Waals surface area contributed by atoms with Crippen LogP contribution in [0.15, 0.2) is 84.4 Å². The topological polar surface area (TPSA) is 85.8 Å². The summed E-state index contributed by atoms with van der Waals surface area (Å²) in [5, 5.41) is 16.0. The molecule has 0 atom stereocenters. The van der Waals surface area contributed by atoms with Crippen LogP contribution in [0.3, 0.4) is 0 Å². The second-order valence-corrected chi connectivity index (χ2v) is 9.14. The highest BCUT2D eigenvalue weighted by atomic mass is 32.1. The van der Waals surface area contributed by atoms with Crippen molar-refractivity contribution in [2.45, 2.75) is 25.8 Å². The standard InChI is InChI=1S/C27H25N5OS/c28-24-12-10-21(26-9-4-16-34-26)17-25(24)29-27(33)13-11-22-18-32(31-30-22)15-14-20-7-3-6-19-5-1-2-8-23(19)20/h1-10,12,16-18H,11,13-15,28H2,(H,29,33). The van der Waals surface area contributed by atoms with Gasteiger partial charge in [-0.3, -0.25) is 9.48 Å². The van der Waals surface area contributed by atoms with Crippen LogP contribution in [0, 0.1) is 0 Å². The summed E-state index contributed by atoms with van der Waals surface area (Å²) >= 11 is 1.65. The average molecular weight is 468 g/mol. The molecule has 170 valence electrons. The molecule has 0 radical (unpaired) electrons. The van der Waals surface area contributed by atoms with Crippen LogP contribution in [0.5, 0.6) is 0 Å². The maximum atomic E-state index is 12.6. The van der Waals surface area contributed by atoms with Crippen LogP contribution in [-0.4, -0.2) is 20.9 Å². The Balaban J connectivity index is 1.16. The summed E-state index contributed by atoms with van der Waals surface area (Å²) < 4.78 is 1.84. The lowest BCUT2D eigenvalue weighted by Gasteiger charge is -2.09. The van der Waals surface area contributed by atoms with Gasteiger partial charge in [-0.05, 0) is 51.9 Å². The lowest BCUT2D eigenvalue weighted by Crippen LogP contribution is -2.13. The average Bonchev–Trinajstić information content (AvgIpc) is 3.55. The van der Waals surface area contributed by atoms with Crippen LogP contribution < -0.4 is 11.1 Å². The van der Waals surface area contributed by atoms with Crippen molar-refractivity contribution in [1.29, 1.82) is 0 Å². The van der Waals surface area contributed by atoms with Crippen LogP contribution in [0.1, 0.15) is 17.7 Å². The van der Waals surface area contributed by atoms with Crippen molar-refractivity contribution in [3.05, 3.63) is 95.6 Å². The van der Waals surface area contributed by atoms with Crippen molar-refractivity contribution in [2.24, 2.45) is 0 Å². The third kappa shape index (κ3) is 5.00. The number of aryl methyl sites for hydroxylation is 3. The summed E-state index contributed by atoms with van der Waals surface area (Å²) in [4.78, 5) is 13.7. The lowest BCUT2D eigenvalue weighted by atomic mass is 10.0. The summed E-state index contributed by atoms with van der Waals surface area (Å²) in [6, 6.07) is 24.5. The number of carbonyl (C=O) groups excluding carboxylic acids is 1. The van der Waals surface area contributed by atoms with Gasteiger partial charge in [0.05, 0.1) is 17.1 Å². The number of amides is 1. The molecule has 2 heterocycles. The minimum absolute atomic E-state index is 0.0969. The lowest BCUT2D eigenvalue weighted by molar-refractivity contribution is -0.116. The predicted octanol–water partition coefficient (Wildman–Crippen LogP) is 5.56. The number of carbonyl (C=O) groups is 1. The number of aromatic nitrogens is 3. The van der Waals surface area contributed by atoms with E-state index in [1.165, 1.54) is 16.3 Å². The van der Waals surface area contributed by atoms with Gasteiger partial charge in [0.1, 0.15) is 0 Å². The molecular formula is C27H25N5OS. The van der Waals surface area contributed by atoms with Gasteiger partial charge in [-0.15, -0.1) is 16.4 Å². The first-order valence-corrected chi connectivity index (χ1v) is 12.1. The Labute approximate surface area is 202 Å². The van der Waals surface area contributed by atoms with Crippen LogP contribution in [-0.2, 0) is 24.2 Å². The molecule has 1 amide bonds. The van der Waals surface area contributed by atoms with Gasteiger partial charge in [-0.2, -0.15) is 0 Å². The quantitative estimate of drug-likeness (QED) is 0.293. The van der Waals surface area contributed by atoms with Crippen molar-refractivity contribution in [1.82, 2.24) is 15.0 Å². The number of benzene rings is 3. The Morgan fingerprint density at radius 3 is 2.76 bits per heavy atom. The summed E-state index contributed by atoms with van der Waals surface area (Å²) in [5.41, 5.74) is 10.4. The zero-order valence-corrected chi connectivity index (χ0v) is 19.5. The van der Waals surface area contributed by atoms with Gasteiger partial charge in [0.25, 0.3) is 0 Å². The fraction of sp³-hybridized carbons (Fsp3) is 0.148. The first-order chi connectivity index (χ1) is 16.7. The maximum absolute atomic E-state index is 12.6. The van der Waals surface area contributed by atoms with Gasteiger partial charge in [0.2, 0.25) is 5.91 Å². The molecule has 0 fully saturated rings. The van der Waals surface area contributed by atoms with E-state index in [1.807, 2.05) is 46.6 Å². The highest BCUT2D eigenvalue weighted by molar-refractivity contribution is 7.13. The predicted molar refractivity (Wildman–Crippen MR) is 139 cm³/mol. The van der Waals surface area contributed by atoms with Crippen LogP contribution in [0.25, 0.3) is 21.2 Å². The van der Waals surface area contributed by atoms with Crippen molar-refractivity contribution in [3.63, 3.8) is 0 Å². The second kappa shape index (κ2) is 9.89. The maximum Gasteiger partial charge on any atom is 0.224 e. The largest absolute Gasteiger partial charge is 0.397 e. The van der Waals surface area contributed by atoms with Gasteiger partial charge >= 0.3 is 0 Å². The van der Waals surface area contributed by atoms with E-state index in [0.29, 0.717) is 24.2 Å². The Bertz CT molecular complexity index is 1420. The molecule has 0 saturated carbocycles. The van der Waals surface area contributed by atoms with Crippen molar-refractivity contribution < 1.29 is 4.79 Å². The Morgan fingerprint density at radius 2 is 1.88 bits per heavy atom. The van der Waals surface area contributed by atoms with Crippen molar-refractivity contribution in [3.8, 4) is 10.4 Å². The first-order valence-electron chi connectivity index (χ1n) is 11.2. The van der Waals surface area contributed by atoms with E-state index in [9.17, 15) is 4.79 Å². The number of nitrogens with two attached hydrogens (primary N) is 1. The fourth-order valence-corrected chi connectivity index (χ4v) is 4.75. The molecule has 5 rings (SSSR count). The van der Waals surface area contributed by atoms with Crippen LogP contribution in [0.4, 0.5) is 11.4 Å². The second-order valence-electron chi connectivity index (χ2n) is 8.19. The molecule has 34 heavy (non-hydrogen) atoms. The minimum Gasteiger partial charge on any atom is -0.397 e. The fourth-order valence-electron chi connectivity index (χ4n) is 4.02. The normalized spacial score (nSPS) is 11.1. The minimum atomic E-state index is -0.0969. The van der Waals surface area contributed by atoms with Crippen molar-refractivity contribution in [2.75, 3.05) is 11.1 Å². The van der Waals surface area contributed by atoms with E-state index in [-0.39, 0.29) is 5.91 Å². The molecular weight excluding hydrogens is 442 g/mol. The van der Waals surface area contributed by atoms with E-state index in [1.54, 1.807) is 11.3 Å². The van der Waals surface area contributed by atoms with Crippen LogP contribution >= 0.6 is 11.3 Å². The summed E-state index contributed by atoms with van der Waals surface area (Å²) in [5.74, 6) is -0.0969. The third-order valence-electron chi connectivity index (χ3n) is 5.82. The van der Waals surface area contributed by atoms with Gasteiger partial charge < -0.3 is 11.1 Å². The van der Waals surface area contributed by atoms with Crippen molar-refractivity contribution >= 4 is 39.4 Å². The SMILES string of the molecule is Nc1ccc(-c2cccs2)cc1NC(=O)CCc1cn(CCc2cccc3ccccc23)nn1. The molecule has 0 spiro atoms. The molecule has 0 aliphatic rings. The number of nitrogens with zero attached hydrogens (tertiary/aromatic N) is 3. The molecule has 0 bridgehead atoms. The first kappa shape index (κ1) is 21.9. The Kier molecular flexibility index (Phi) is 6.35. The molecule has 3 N–H and O–H groups in total. The van der Waals surface area contributed by atoms with Gasteiger partial charge in [-0.1, -0.05) is 59.8 Å². The number of nitrogens with one attached hydrogen (secondary N) is 1. The Hall–Kier alpha value is -3.97. The van der Waals surface area contributed by atoms with E-state index in [0.717, 1.165) is 29.1 Å². The van der Waals surface area contributed by atoms with E-state index in [4.69, 9.17) is 5.73 Å². The van der Waals surface area contributed by atoms with Gasteiger partial charge in [0.15, 0.2) is 0 Å². The van der Waals surface area contributed by atoms with Crippen LogP contribution in [0.2, 0.25) is 0 Å². The number of hydrogen-bond acceptors (Lipinski definition) is 5. The number of rotatable bonds is 8. The third-order valence-corrected chi connectivity index (χ3v) is 6.74. The number of nitrogen functional groups attached to an aromatic ring is 1. The molecule has 2 aromatic heterocycles. The van der Waals surface area contributed by atoms with E-state index >= 15 is 0 Å². The number of fused-ring (bicyclic) bond motifs is 1. The number of thiophene rings is 1. The van der Waals surface area contributed by atoms with Gasteiger partial charge in [-0.25, -0.2) is 0 Å². The zero-order chi connectivity index (χ0) is 23.3. The monoisotopic (exact) mass is 467 g/mol. The molecule has 0 aliphatic heterocycles. The molecule has 7 heteroatoms. The highest BCUT2D eigenvalue weighted by Gasteiger charge is 2.10. The highest BCUT2D eigenvalue weighted by Crippen LogP contribution is 2.30. The van der Waals surface area contributed by atoms with E-state index < -0.39 is 0 Å². The number of hydrogen-bond donors (Lipinski definition) is 2. The summed E-state index contributed by atoms with van der Waals surface area (Å²) in [7, 11) is 0. The molecule has 6 nitrogen and oxygen atoms in total. The molecule has 3 aromatic carbocycles. The molecule has 0 aliphatic carbocycles. The Morgan fingerprint density at radius 1 is 1.00 bits per heavy atom.